The second-order valence-electron chi connectivity index (χ2n) is 5.23. The summed E-state index contributed by atoms with van der Waals surface area (Å²) in [6.07, 6.45) is 0. The number of hydrogen-bond acceptors (Lipinski definition) is 3. The average Bonchev–Trinajstić information content (AvgIpc) is 2.36. The molecule has 0 aromatic heterocycles. The van der Waals surface area contributed by atoms with Gasteiger partial charge in [-0.3, -0.25) is 9.00 Å². The van der Waals surface area contributed by atoms with E-state index in [-0.39, 0.29) is 23.0 Å². The Balaban J connectivity index is 2.28. The molecule has 6 heteroatoms. The van der Waals surface area contributed by atoms with Gasteiger partial charge in [0.1, 0.15) is 0 Å². The van der Waals surface area contributed by atoms with Gasteiger partial charge in [-0.25, -0.2) is 4.39 Å². The van der Waals surface area contributed by atoms with Crippen molar-refractivity contribution in [2.24, 2.45) is 0 Å². The van der Waals surface area contributed by atoms with Crippen molar-refractivity contribution >= 4 is 16.7 Å². The second kappa shape index (κ2) is 7.38. The number of halogens is 1. The summed E-state index contributed by atoms with van der Waals surface area (Å²) in [6, 6.07) is 5.89. The Bertz CT molecular complexity index is 486. The first-order valence-corrected chi connectivity index (χ1v) is 7.65. The molecule has 0 fully saturated rings. The standard InChI is InChI=1S/C14H20FNO3S/c1-14(2,3)20(18)9-8-16-13(17)10-19-12-7-5-4-6-11(12)15/h4-7H,8-10H2,1-3H3,(H,16,17). The SMILES string of the molecule is CC(C)(C)S(=O)CCNC(=O)COc1ccccc1F. The predicted octanol–water partition coefficient (Wildman–Crippen LogP) is 1.87. The summed E-state index contributed by atoms with van der Waals surface area (Å²) >= 11 is 0. The minimum atomic E-state index is -1.01. The number of hydrogen-bond donors (Lipinski definition) is 1. The van der Waals surface area contributed by atoms with Crippen LogP contribution in [0.25, 0.3) is 0 Å². The van der Waals surface area contributed by atoms with E-state index in [2.05, 4.69) is 5.32 Å². The highest BCUT2D eigenvalue weighted by Gasteiger charge is 2.18. The van der Waals surface area contributed by atoms with Crippen molar-refractivity contribution in [3.63, 3.8) is 0 Å². The van der Waals surface area contributed by atoms with E-state index in [1.165, 1.54) is 12.1 Å². The topological polar surface area (TPSA) is 55.4 Å². The van der Waals surface area contributed by atoms with Crippen molar-refractivity contribution in [3.05, 3.63) is 30.1 Å². The van der Waals surface area contributed by atoms with Crippen LogP contribution in [-0.2, 0) is 15.6 Å². The fourth-order valence-electron chi connectivity index (χ4n) is 1.35. The van der Waals surface area contributed by atoms with Crippen LogP contribution in [0.3, 0.4) is 0 Å². The quantitative estimate of drug-likeness (QED) is 0.872. The molecule has 0 saturated carbocycles. The molecule has 1 N–H and O–H groups in total. The number of para-hydroxylation sites is 1. The number of rotatable bonds is 6. The van der Waals surface area contributed by atoms with Crippen LogP contribution >= 0.6 is 0 Å². The molecule has 0 aliphatic heterocycles. The van der Waals surface area contributed by atoms with E-state index >= 15 is 0 Å². The first kappa shape index (κ1) is 16.6. The molecule has 1 rings (SSSR count). The van der Waals surface area contributed by atoms with Crippen molar-refractivity contribution in [2.45, 2.75) is 25.5 Å². The van der Waals surface area contributed by atoms with E-state index in [1.54, 1.807) is 12.1 Å². The Morgan fingerprint density at radius 3 is 2.60 bits per heavy atom. The number of nitrogens with one attached hydrogen (secondary N) is 1. The highest BCUT2D eigenvalue weighted by Crippen LogP contribution is 2.14. The van der Waals surface area contributed by atoms with Crippen LogP contribution in [0.1, 0.15) is 20.8 Å². The van der Waals surface area contributed by atoms with Gasteiger partial charge in [0.2, 0.25) is 0 Å². The van der Waals surface area contributed by atoms with Gasteiger partial charge in [0.05, 0.1) is 0 Å². The summed E-state index contributed by atoms with van der Waals surface area (Å²) in [4.78, 5) is 11.5. The largest absolute Gasteiger partial charge is 0.481 e. The fraction of sp³-hybridized carbons (Fsp3) is 0.500. The molecule has 0 aliphatic rings. The molecule has 0 heterocycles. The Labute approximate surface area is 121 Å². The molecule has 4 nitrogen and oxygen atoms in total. The summed E-state index contributed by atoms with van der Waals surface area (Å²) in [5.74, 6) is -0.441. The second-order valence-corrected chi connectivity index (χ2v) is 7.56. The van der Waals surface area contributed by atoms with Gasteiger partial charge in [-0.15, -0.1) is 0 Å². The number of carbonyl (C=O) groups is 1. The van der Waals surface area contributed by atoms with Gasteiger partial charge >= 0.3 is 0 Å². The Morgan fingerprint density at radius 2 is 2.00 bits per heavy atom. The molecule has 20 heavy (non-hydrogen) atoms. The minimum Gasteiger partial charge on any atom is -0.481 e. The van der Waals surface area contributed by atoms with Crippen molar-refractivity contribution in [3.8, 4) is 5.75 Å². The molecule has 0 bridgehead atoms. The summed E-state index contributed by atoms with van der Waals surface area (Å²) in [6.45, 7) is 5.69. The molecule has 1 amide bonds. The molecule has 112 valence electrons. The lowest BCUT2D eigenvalue weighted by molar-refractivity contribution is -0.123. The lowest BCUT2D eigenvalue weighted by atomic mass is 10.3. The number of amides is 1. The van der Waals surface area contributed by atoms with Gasteiger partial charge in [0.25, 0.3) is 5.91 Å². The van der Waals surface area contributed by atoms with Gasteiger partial charge in [-0.1, -0.05) is 12.1 Å². The zero-order valence-electron chi connectivity index (χ0n) is 11.9. The van der Waals surface area contributed by atoms with E-state index in [0.717, 1.165) is 0 Å². The molecule has 0 aliphatic carbocycles. The van der Waals surface area contributed by atoms with Crippen molar-refractivity contribution in [1.29, 1.82) is 0 Å². The van der Waals surface area contributed by atoms with Crippen LogP contribution in [-0.4, -0.2) is 33.8 Å². The molecule has 0 saturated heterocycles. The van der Waals surface area contributed by atoms with Crippen molar-refractivity contribution < 1.29 is 18.1 Å². The van der Waals surface area contributed by atoms with Crippen LogP contribution in [0, 0.1) is 5.82 Å². The molecule has 1 aromatic carbocycles. The van der Waals surface area contributed by atoms with Crippen LogP contribution in [0.4, 0.5) is 4.39 Å². The van der Waals surface area contributed by atoms with E-state index < -0.39 is 16.6 Å². The molecule has 1 unspecified atom stereocenters. The molecule has 0 spiro atoms. The number of ether oxygens (including phenoxy) is 1. The van der Waals surface area contributed by atoms with E-state index in [9.17, 15) is 13.4 Å². The maximum atomic E-state index is 13.2. The first-order valence-electron chi connectivity index (χ1n) is 6.33. The molecule has 1 aromatic rings. The van der Waals surface area contributed by atoms with E-state index in [1.807, 2.05) is 20.8 Å². The lowest BCUT2D eigenvalue weighted by Gasteiger charge is -2.17. The van der Waals surface area contributed by atoms with Crippen molar-refractivity contribution in [2.75, 3.05) is 18.9 Å². The zero-order chi connectivity index (χ0) is 15.2. The van der Waals surface area contributed by atoms with Gasteiger partial charge in [0.15, 0.2) is 18.2 Å². The summed E-state index contributed by atoms with van der Waals surface area (Å²) < 4.78 is 29.7. The summed E-state index contributed by atoms with van der Waals surface area (Å²) in [5, 5.41) is 2.60. The first-order chi connectivity index (χ1) is 9.30. The maximum Gasteiger partial charge on any atom is 0.257 e. The molecular weight excluding hydrogens is 281 g/mol. The third kappa shape index (κ3) is 5.69. The van der Waals surface area contributed by atoms with Crippen LogP contribution in [0.15, 0.2) is 24.3 Å². The monoisotopic (exact) mass is 301 g/mol. The van der Waals surface area contributed by atoms with Gasteiger partial charge in [-0.05, 0) is 32.9 Å². The summed E-state index contributed by atoms with van der Waals surface area (Å²) in [5.41, 5.74) is 0. The minimum absolute atomic E-state index is 0.0425. The van der Waals surface area contributed by atoms with E-state index in [0.29, 0.717) is 12.3 Å². The number of benzene rings is 1. The zero-order valence-corrected chi connectivity index (χ0v) is 12.8. The molecule has 1 atom stereocenters. The van der Waals surface area contributed by atoms with Crippen LogP contribution in [0.5, 0.6) is 5.75 Å². The summed E-state index contributed by atoms with van der Waals surface area (Å²) in [7, 11) is -1.01. The van der Waals surface area contributed by atoms with Crippen LogP contribution < -0.4 is 10.1 Å². The molecule has 0 radical (unpaired) electrons. The lowest BCUT2D eigenvalue weighted by Crippen LogP contribution is -2.35. The normalized spacial score (nSPS) is 12.8. The Hall–Kier alpha value is -1.43. The van der Waals surface area contributed by atoms with Gasteiger partial charge in [-0.2, -0.15) is 0 Å². The van der Waals surface area contributed by atoms with Crippen molar-refractivity contribution in [1.82, 2.24) is 5.32 Å². The van der Waals surface area contributed by atoms with Gasteiger partial charge < -0.3 is 10.1 Å². The Kier molecular flexibility index (Phi) is 6.13. The highest BCUT2D eigenvalue weighted by molar-refractivity contribution is 7.86. The fourth-order valence-corrected chi connectivity index (χ4v) is 2.25. The average molecular weight is 301 g/mol. The maximum absolute atomic E-state index is 13.2. The van der Waals surface area contributed by atoms with Crippen LogP contribution in [0.2, 0.25) is 0 Å². The third-order valence-electron chi connectivity index (χ3n) is 2.49. The Morgan fingerprint density at radius 1 is 1.35 bits per heavy atom. The van der Waals surface area contributed by atoms with Gasteiger partial charge in [0, 0.05) is 27.8 Å². The predicted molar refractivity (Wildman–Crippen MR) is 77.7 cm³/mol. The smallest absolute Gasteiger partial charge is 0.257 e. The molecular formula is C14H20FNO3S. The third-order valence-corrected chi connectivity index (χ3v) is 4.43. The van der Waals surface area contributed by atoms with E-state index in [4.69, 9.17) is 4.74 Å². The number of carbonyl (C=O) groups excluding carboxylic acids is 1. The highest BCUT2D eigenvalue weighted by atomic mass is 32.2.